The molecule has 0 N–H and O–H groups in total. The molecule has 38 heavy (non-hydrogen) atoms. The van der Waals surface area contributed by atoms with Crippen LogP contribution in [-0.2, 0) is 0 Å². The lowest BCUT2D eigenvalue weighted by molar-refractivity contribution is 0.563. The van der Waals surface area contributed by atoms with Crippen molar-refractivity contribution in [3.63, 3.8) is 0 Å². The molecule has 4 nitrogen and oxygen atoms in total. The molecule has 0 amide bonds. The fourth-order valence-corrected chi connectivity index (χ4v) is 4.67. The summed E-state index contributed by atoms with van der Waals surface area (Å²) in [6.45, 7) is 6.01. The summed E-state index contributed by atoms with van der Waals surface area (Å²) in [6.07, 6.45) is 1.90. The third-order valence-corrected chi connectivity index (χ3v) is 6.80. The van der Waals surface area contributed by atoms with Gasteiger partial charge in [0.05, 0.1) is 17.2 Å². The Labute approximate surface area is 222 Å². The number of benzene rings is 4. The smallest absolute Gasteiger partial charge is 0.344 e. The molecule has 4 aromatic carbocycles. The molecule has 186 valence electrons. The van der Waals surface area contributed by atoms with E-state index in [1.54, 1.807) is 0 Å². The van der Waals surface area contributed by atoms with Crippen molar-refractivity contribution in [2.45, 2.75) is 13.8 Å². The Kier molecular flexibility index (Phi) is 7.19. The van der Waals surface area contributed by atoms with Gasteiger partial charge in [0, 0.05) is 30.2 Å². The van der Waals surface area contributed by atoms with Crippen LogP contribution in [0.25, 0.3) is 44.9 Å². The highest BCUT2D eigenvalue weighted by Gasteiger charge is 2.11. The van der Waals surface area contributed by atoms with E-state index in [0.29, 0.717) is 16.7 Å². The summed E-state index contributed by atoms with van der Waals surface area (Å²) in [4.78, 5) is 15.1. The number of anilines is 1. The molecular weight excluding hydrogens is 468 g/mol. The van der Waals surface area contributed by atoms with Gasteiger partial charge in [0.15, 0.2) is 0 Å². The molecule has 0 aliphatic heterocycles. The monoisotopic (exact) mass is 496 g/mol. The van der Waals surface area contributed by atoms with Crippen LogP contribution in [0.4, 0.5) is 5.69 Å². The maximum absolute atomic E-state index is 12.9. The van der Waals surface area contributed by atoms with E-state index in [4.69, 9.17) is 4.42 Å². The lowest BCUT2D eigenvalue weighted by Crippen LogP contribution is -2.21. The van der Waals surface area contributed by atoms with Gasteiger partial charge in [-0.15, -0.1) is 0 Å². The Balaban J connectivity index is 1.39. The van der Waals surface area contributed by atoms with Crippen LogP contribution in [0.1, 0.15) is 25.0 Å². The lowest BCUT2D eigenvalue weighted by Gasteiger charge is -2.21. The Bertz CT molecular complexity index is 1690. The molecule has 0 saturated heterocycles. The SMILES string of the molecule is CCN(CC)c1ccc2cc(-c3ccc(-c4ccc(/C=C(\C#N)c5ccccc5)cc4)cc3)c(=O)oc2c1. The zero-order chi connectivity index (χ0) is 26.5. The fourth-order valence-electron chi connectivity index (χ4n) is 4.67. The van der Waals surface area contributed by atoms with Gasteiger partial charge in [0.2, 0.25) is 0 Å². The maximum Gasteiger partial charge on any atom is 0.344 e. The molecule has 5 aromatic rings. The van der Waals surface area contributed by atoms with Crippen molar-refractivity contribution in [3.05, 3.63) is 125 Å². The first-order valence-corrected chi connectivity index (χ1v) is 12.8. The molecule has 0 aliphatic rings. The van der Waals surface area contributed by atoms with E-state index in [9.17, 15) is 10.1 Å². The molecule has 5 rings (SSSR count). The van der Waals surface area contributed by atoms with Crippen molar-refractivity contribution in [1.29, 1.82) is 5.26 Å². The van der Waals surface area contributed by atoms with E-state index >= 15 is 0 Å². The standard InChI is InChI=1S/C34H28N2O2/c1-3-36(4-2)31-19-18-29-21-32(34(37)38-33(29)22-31)28-16-14-27(15-17-28)26-12-10-24(11-13-26)20-30(23-35)25-8-6-5-7-9-25/h5-22H,3-4H2,1-2H3/b30-20+. The van der Waals surface area contributed by atoms with E-state index in [2.05, 4.69) is 30.9 Å². The molecule has 0 saturated carbocycles. The predicted molar refractivity (Wildman–Crippen MR) is 157 cm³/mol. The van der Waals surface area contributed by atoms with Crippen molar-refractivity contribution in [2.24, 2.45) is 0 Å². The number of fused-ring (bicyclic) bond motifs is 1. The molecule has 0 radical (unpaired) electrons. The number of hydrogen-bond donors (Lipinski definition) is 0. The van der Waals surface area contributed by atoms with Crippen LogP contribution < -0.4 is 10.5 Å². The molecule has 0 bridgehead atoms. The Morgan fingerprint density at radius 2 is 1.45 bits per heavy atom. The van der Waals surface area contributed by atoms with Gasteiger partial charge in [-0.25, -0.2) is 4.79 Å². The molecule has 0 fully saturated rings. The molecule has 0 spiro atoms. The lowest BCUT2D eigenvalue weighted by atomic mass is 9.99. The Morgan fingerprint density at radius 1 is 0.816 bits per heavy atom. The Morgan fingerprint density at radius 3 is 2.08 bits per heavy atom. The van der Waals surface area contributed by atoms with Crippen LogP contribution in [0.3, 0.4) is 0 Å². The predicted octanol–water partition coefficient (Wildman–Crippen LogP) is 8.04. The quantitative estimate of drug-likeness (QED) is 0.130. The number of nitriles is 1. The average Bonchev–Trinajstić information content (AvgIpc) is 2.97. The minimum Gasteiger partial charge on any atom is -0.422 e. The highest BCUT2D eigenvalue weighted by molar-refractivity contribution is 5.90. The van der Waals surface area contributed by atoms with Crippen molar-refractivity contribution >= 4 is 28.3 Å². The second kappa shape index (κ2) is 11.0. The molecule has 0 aliphatic carbocycles. The van der Waals surface area contributed by atoms with Crippen molar-refractivity contribution < 1.29 is 4.42 Å². The largest absolute Gasteiger partial charge is 0.422 e. The average molecular weight is 497 g/mol. The highest BCUT2D eigenvalue weighted by Crippen LogP contribution is 2.28. The van der Waals surface area contributed by atoms with Crippen molar-refractivity contribution in [1.82, 2.24) is 0 Å². The number of allylic oxidation sites excluding steroid dienone is 1. The summed E-state index contributed by atoms with van der Waals surface area (Å²) < 4.78 is 5.72. The second-order valence-corrected chi connectivity index (χ2v) is 9.08. The van der Waals surface area contributed by atoms with Crippen LogP contribution in [0, 0.1) is 11.3 Å². The minimum absolute atomic E-state index is 0.343. The van der Waals surface area contributed by atoms with Crippen molar-refractivity contribution in [3.8, 4) is 28.3 Å². The minimum atomic E-state index is -0.343. The zero-order valence-corrected chi connectivity index (χ0v) is 21.5. The van der Waals surface area contributed by atoms with Gasteiger partial charge in [-0.3, -0.25) is 0 Å². The molecule has 1 heterocycles. The van der Waals surface area contributed by atoms with Crippen LogP contribution in [0.15, 0.2) is 112 Å². The normalized spacial score (nSPS) is 11.3. The molecule has 4 heteroatoms. The van der Waals surface area contributed by atoms with Crippen LogP contribution in [0.2, 0.25) is 0 Å². The summed E-state index contributed by atoms with van der Waals surface area (Å²) in [5, 5.41) is 10.5. The van der Waals surface area contributed by atoms with E-state index in [-0.39, 0.29) is 5.63 Å². The van der Waals surface area contributed by atoms with Gasteiger partial charge in [0.1, 0.15) is 5.58 Å². The molecule has 1 aromatic heterocycles. The summed E-state index contributed by atoms with van der Waals surface area (Å²) in [7, 11) is 0. The fraction of sp³-hybridized carbons (Fsp3) is 0.118. The van der Waals surface area contributed by atoms with Gasteiger partial charge >= 0.3 is 5.63 Å². The van der Waals surface area contributed by atoms with E-state index < -0.39 is 0 Å². The van der Waals surface area contributed by atoms with Gasteiger partial charge in [0.25, 0.3) is 0 Å². The number of nitrogens with zero attached hydrogens (tertiary/aromatic N) is 2. The first-order valence-electron chi connectivity index (χ1n) is 12.8. The van der Waals surface area contributed by atoms with Crippen LogP contribution in [-0.4, -0.2) is 13.1 Å². The molecule has 0 unspecified atom stereocenters. The molecule has 0 atom stereocenters. The number of rotatable bonds is 7. The maximum atomic E-state index is 12.9. The van der Waals surface area contributed by atoms with Crippen LogP contribution >= 0.6 is 0 Å². The van der Waals surface area contributed by atoms with Gasteiger partial charge in [-0.2, -0.15) is 5.26 Å². The van der Waals surface area contributed by atoms with Gasteiger partial charge < -0.3 is 9.32 Å². The van der Waals surface area contributed by atoms with Gasteiger partial charge in [-0.05, 0) is 65.9 Å². The highest BCUT2D eigenvalue weighted by atomic mass is 16.4. The summed E-state index contributed by atoms with van der Waals surface area (Å²) in [5.41, 5.74) is 7.26. The van der Waals surface area contributed by atoms with E-state index in [1.807, 2.05) is 103 Å². The summed E-state index contributed by atoms with van der Waals surface area (Å²) in [5.74, 6) is 0. The molecular formula is C34H28N2O2. The first kappa shape index (κ1) is 24.8. The summed E-state index contributed by atoms with van der Waals surface area (Å²) in [6, 6.07) is 35.9. The van der Waals surface area contributed by atoms with E-state index in [1.165, 1.54) is 0 Å². The zero-order valence-electron chi connectivity index (χ0n) is 21.5. The topological polar surface area (TPSA) is 57.2 Å². The van der Waals surface area contributed by atoms with E-state index in [0.717, 1.165) is 52.0 Å². The third-order valence-electron chi connectivity index (χ3n) is 6.80. The number of hydrogen-bond acceptors (Lipinski definition) is 4. The van der Waals surface area contributed by atoms with Crippen molar-refractivity contribution in [2.75, 3.05) is 18.0 Å². The Hall–Kier alpha value is -4.88. The third kappa shape index (κ3) is 5.14. The first-order chi connectivity index (χ1) is 18.6. The second-order valence-electron chi connectivity index (χ2n) is 9.08. The van der Waals surface area contributed by atoms with Crippen LogP contribution in [0.5, 0.6) is 0 Å². The van der Waals surface area contributed by atoms with Gasteiger partial charge in [-0.1, -0.05) is 78.9 Å². The summed E-state index contributed by atoms with van der Waals surface area (Å²) >= 11 is 0.